The van der Waals surface area contributed by atoms with Gasteiger partial charge >= 0.3 is 23.9 Å². The summed E-state index contributed by atoms with van der Waals surface area (Å²) in [5, 5.41) is 0. The van der Waals surface area contributed by atoms with Gasteiger partial charge < -0.3 is 37.9 Å². The Balaban J connectivity index is 0.000000220. The zero-order valence-corrected chi connectivity index (χ0v) is 23.1. The molecule has 216 valence electrons. The van der Waals surface area contributed by atoms with Crippen LogP contribution in [-0.4, -0.2) is 66.5 Å². The Labute approximate surface area is 231 Å². The van der Waals surface area contributed by atoms with Crippen LogP contribution in [0.15, 0.2) is 36.4 Å². The number of rotatable bonds is 8. The van der Waals surface area contributed by atoms with Crippen LogP contribution in [0.3, 0.4) is 0 Å². The monoisotopic (exact) mass is 560 g/mol. The first-order valence-electron chi connectivity index (χ1n) is 12.2. The highest BCUT2D eigenvalue weighted by Gasteiger charge is 2.42. The van der Waals surface area contributed by atoms with Crippen molar-refractivity contribution in [3.05, 3.63) is 47.5 Å². The lowest BCUT2D eigenvalue weighted by atomic mass is 10.00. The number of methoxy groups -OCH3 is 6. The molecule has 2 saturated heterocycles. The molecule has 12 heteroatoms. The number of carbonyl (C=O) groups excluding carboxylic acids is 4. The second-order valence-electron chi connectivity index (χ2n) is 8.70. The lowest BCUT2D eigenvalue weighted by Gasteiger charge is -2.13. The van der Waals surface area contributed by atoms with Crippen LogP contribution in [0.5, 0.6) is 23.0 Å². The van der Waals surface area contributed by atoms with Crippen LogP contribution in [-0.2, 0) is 38.1 Å². The van der Waals surface area contributed by atoms with Gasteiger partial charge in [0.25, 0.3) is 0 Å². The lowest BCUT2D eigenvalue weighted by Crippen LogP contribution is -2.20. The van der Waals surface area contributed by atoms with Gasteiger partial charge in [-0.05, 0) is 35.4 Å². The van der Waals surface area contributed by atoms with E-state index in [1.165, 1.54) is 28.4 Å². The molecular formula is C28H32O12. The highest BCUT2D eigenvalue weighted by molar-refractivity contribution is 5.96. The van der Waals surface area contributed by atoms with E-state index in [1.54, 1.807) is 50.6 Å². The highest BCUT2D eigenvalue weighted by Crippen LogP contribution is 2.39. The van der Waals surface area contributed by atoms with E-state index < -0.39 is 47.9 Å². The number of esters is 4. The van der Waals surface area contributed by atoms with E-state index in [0.717, 1.165) is 11.1 Å². The smallest absolute Gasteiger partial charge is 0.321 e. The third-order valence-electron chi connectivity index (χ3n) is 6.52. The number of hydrogen-bond acceptors (Lipinski definition) is 12. The van der Waals surface area contributed by atoms with Gasteiger partial charge in [0.1, 0.15) is 12.2 Å². The quantitative estimate of drug-likeness (QED) is 0.266. The van der Waals surface area contributed by atoms with E-state index in [2.05, 4.69) is 9.47 Å². The Hall–Kier alpha value is -4.48. The van der Waals surface area contributed by atoms with Crippen molar-refractivity contribution in [2.45, 2.75) is 25.0 Å². The minimum atomic E-state index is -0.863. The first kappa shape index (κ1) is 30.1. The average Bonchev–Trinajstić information content (AvgIpc) is 3.58. The molecule has 0 saturated carbocycles. The number of cyclic esters (lactones) is 2. The normalized spacial score (nSPS) is 21.2. The summed E-state index contributed by atoms with van der Waals surface area (Å²) in [7, 11) is 8.64. The van der Waals surface area contributed by atoms with Gasteiger partial charge in [-0.2, -0.15) is 0 Å². The van der Waals surface area contributed by atoms with Crippen LogP contribution < -0.4 is 18.9 Å². The molecule has 0 spiro atoms. The third kappa shape index (κ3) is 6.56. The van der Waals surface area contributed by atoms with E-state index in [4.69, 9.17) is 28.4 Å². The van der Waals surface area contributed by atoms with E-state index in [-0.39, 0.29) is 12.8 Å². The van der Waals surface area contributed by atoms with Crippen LogP contribution in [0.2, 0.25) is 0 Å². The van der Waals surface area contributed by atoms with E-state index >= 15 is 0 Å². The Kier molecular flexibility index (Phi) is 10.2. The fraction of sp³-hybridized carbons (Fsp3) is 0.429. The summed E-state index contributed by atoms with van der Waals surface area (Å²) in [6.07, 6.45) is -0.431. The van der Waals surface area contributed by atoms with E-state index in [9.17, 15) is 19.2 Å². The molecule has 2 fully saturated rings. The van der Waals surface area contributed by atoms with Crippen molar-refractivity contribution in [1.29, 1.82) is 0 Å². The summed E-state index contributed by atoms with van der Waals surface area (Å²) in [6, 6.07) is 10.5. The first-order chi connectivity index (χ1) is 19.2. The van der Waals surface area contributed by atoms with Crippen LogP contribution in [0.1, 0.15) is 36.2 Å². The molecule has 0 amide bonds. The summed E-state index contributed by atoms with van der Waals surface area (Å²) in [6.45, 7) is 0. The molecule has 12 nitrogen and oxygen atoms in total. The summed E-state index contributed by atoms with van der Waals surface area (Å²) < 4.78 is 40.3. The second kappa shape index (κ2) is 13.5. The molecule has 0 aromatic heterocycles. The molecule has 4 atom stereocenters. The molecule has 0 N–H and O–H groups in total. The SMILES string of the molecule is COC(=O)[C@@H]1C[C@H](c2ccc(OC)c(OC)c2)OC1=O.COC(=O)[C@H]1C[C@H](c2ccc(OC)c(OC)c2)OC1=O. The molecule has 0 radical (unpaired) electrons. The molecule has 4 rings (SSSR count). The van der Waals surface area contributed by atoms with Gasteiger partial charge in [0, 0.05) is 12.8 Å². The van der Waals surface area contributed by atoms with Crippen molar-refractivity contribution in [2.24, 2.45) is 11.8 Å². The maximum atomic E-state index is 11.7. The molecular weight excluding hydrogens is 528 g/mol. The zero-order chi connectivity index (χ0) is 29.4. The fourth-order valence-corrected chi connectivity index (χ4v) is 4.35. The Bertz CT molecular complexity index is 1140. The summed E-state index contributed by atoms with van der Waals surface area (Å²) >= 11 is 0. The van der Waals surface area contributed by atoms with Crippen LogP contribution in [0, 0.1) is 11.8 Å². The molecule has 0 bridgehead atoms. The van der Waals surface area contributed by atoms with Crippen LogP contribution in [0.25, 0.3) is 0 Å². The van der Waals surface area contributed by atoms with Gasteiger partial charge in [-0.15, -0.1) is 0 Å². The van der Waals surface area contributed by atoms with Crippen LogP contribution in [0.4, 0.5) is 0 Å². The van der Waals surface area contributed by atoms with Crippen molar-refractivity contribution in [3.63, 3.8) is 0 Å². The predicted molar refractivity (Wildman–Crippen MR) is 137 cm³/mol. The number of ether oxygens (including phenoxy) is 8. The minimum Gasteiger partial charge on any atom is -0.493 e. The molecule has 2 aliphatic rings. The van der Waals surface area contributed by atoms with Gasteiger partial charge in [0.05, 0.1) is 42.7 Å². The van der Waals surface area contributed by atoms with E-state index in [1.807, 2.05) is 0 Å². The standard InChI is InChI=1S/2C14H16O6/c2*1-17-10-5-4-8(6-12(10)18-2)11-7-9(13(15)19-3)14(16)20-11/h2*4-6,9,11H,7H2,1-3H3/t9-,11+;9-,11-/m01/s1. The number of hydrogen-bond donors (Lipinski definition) is 0. The van der Waals surface area contributed by atoms with Crippen LogP contribution >= 0.6 is 0 Å². The lowest BCUT2D eigenvalue weighted by molar-refractivity contribution is -0.156. The zero-order valence-electron chi connectivity index (χ0n) is 23.1. The fourth-order valence-electron chi connectivity index (χ4n) is 4.35. The Morgan fingerprint density at radius 1 is 0.600 bits per heavy atom. The summed E-state index contributed by atoms with van der Waals surface area (Å²) in [4.78, 5) is 46.2. The average molecular weight is 561 g/mol. The van der Waals surface area contributed by atoms with Crippen molar-refractivity contribution in [3.8, 4) is 23.0 Å². The van der Waals surface area contributed by atoms with Gasteiger partial charge in [-0.25, -0.2) is 0 Å². The number of benzene rings is 2. The molecule has 40 heavy (non-hydrogen) atoms. The molecule has 0 aliphatic carbocycles. The maximum absolute atomic E-state index is 11.7. The largest absolute Gasteiger partial charge is 0.493 e. The van der Waals surface area contributed by atoms with Gasteiger partial charge in [0.15, 0.2) is 34.8 Å². The third-order valence-corrected chi connectivity index (χ3v) is 6.52. The highest BCUT2D eigenvalue weighted by atomic mass is 16.6. The Morgan fingerprint density at radius 2 is 0.950 bits per heavy atom. The molecule has 2 heterocycles. The summed E-state index contributed by atoms with van der Waals surface area (Å²) in [5.41, 5.74) is 1.50. The van der Waals surface area contributed by atoms with Gasteiger partial charge in [0.2, 0.25) is 0 Å². The first-order valence-corrected chi connectivity index (χ1v) is 12.2. The van der Waals surface area contributed by atoms with E-state index in [0.29, 0.717) is 23.0 Å². The van der Waals surface area contributed by atoms with Gasteiger partial charge in [-0.1, -0.05) is 12.1 Å². The molecule has 2 aromatic rings. The molecule has 2 aromatic carbocycles. The van der Waals surface area contributed by atoms with Crippen molar-refractivity contribution in [1.82, 2.24) is 0 Å². The molecule has 2 aliphatic heterocycles. The predicted octanol–water partition coefficient (Wildman–Crippen LogP) is 2.96. The molecule has 0 unspecified atom stereocenters. The topological polar surface area (TPSA) is 142 Å². The van der Waals surface area contributed by atoms with Crippen molar-refractivity contribution < 1.29 is 57.1 Å². The summed E-state index contributed by atoms with van der Waals surface area (Å²) in [5.74, 6) is -1.72. The minimum absolute atomic E-state index is 0.265. The van der Waals surface area contributed by atoms with Crippen molar-refractivity contribution >= 4 is 23.9 Å². The second-order valence-corrected chi connectivity index (χ2v) is 8.70. The van der Waals surface area contributed by atoms with Gasteiger partial charge in [-0.3, -0.25) is 19.2 Å². The Morgan fingerprint density at radius 3 is 1.25 bits per heavy atom. The maximum Gasteiger partial charge on any atom is 0.321 e. The van der Waals surface area contributed by atoms with Crippen molar-refractivity contribution in [2.75, 3.05) is 42.7 Å². The number of carbonyl (C=O) groups is 4.